The van der Waals surface area contributed by atoms with E-state index < -0.39 is 6.10 Å². The smallest absolute Gasteiger partial charge is 0.126 e. The molecule has 4 aromatic carbocycles. The maximum Gasteiger partial charge on any atom is 0.126 e. The second-order valence-electron chi connectivity index (χ2n) is 13.2. The van der Waals surface area contributed by atoms with E-state index in [0.717, 1.165) is 45.7 Å². The SMILES string of the molecule is CCOc1ccc(Cc2cc([C@@H]3O[C@H](CC)[C@@H](C)[C@H](OCc4ccccc4)[C@H]3OCc3ccccc3)c(OCC3CCC3)cc2Cl)cc1. The van der Waals surface area contributed by atoms with Crippen molar-refractivity contribution < 1.29 is 23.7 Å². The number of benzene rings is 4. The molecule has 0 N–H and O–H groups in total. The largest absolute Gasteiger partial charge is 0.494 e. The summed E-state index contributed by atoms with van der Waals surface area (Å²) in [5, 5.41) is 0.686. The fourth-order valence-electron chi connectivity index (χ4n) is 6.81. The molecule has 6 rings (SSSR count). The molecular formula is C42H49ClO5. The summed E-state index contributed by atoms with van der Waals surface area (Å²) >= 11 is 7.04. The van der Waals surface area contributed by atoms with Gasteiger partial charge in [-0.1, -0.05) is 105 Å². The van der Waals surface area contributed by atoms with E-state index in [1.54, 1.807) is 0 Å². The third-order valence-electron chi connectivity index (χ3n) is 9.83. The van der Waals surface area contributed by atoms with E-state index in [4.69, 9.17) is 35.3 Å². The van der Waals surface area contributed by atoms with Gasteiger partial charge in [-0.2, -0.15) is 0 Å². The standard InChI is InChI=1S/C42H49ClO5/c1-4-38-29(3)40(46-27-31-13-8-6-9-14-31)42(47-28-32-15-10-7-11-16-32)41(48-38)36-24-34(23-30-19-21-35(22-20-30)44-5-2)37(43)25-39(36)45-26-33-17-12-18-33/h6-11,13-16,19-22,24-25,29,33,38,40-42H,4-5,12,17-18,23,26-28H2,1-3H3/t29-,38-,40+,41+,42-/m1/s1. The Labute approximate surface area is 291 Å². The summed E-state index contributed by atoms with van der Waals surface area (Å²) in [5.41, 5.74) is 5.38. The molecule has 1 saturated carbocycles. The quantitative estimate of drug-likeness (QED) is 0.126. The van der Waals surface area contributed by atoms with Gasteiger partial charge in [-0.15, -0.1) is 0 Å². The van der Waals surface area contributed by atoms with Crippen LogP contribution in [0.25, 0.3) is 0 Å². The summed E-state index contributed by atoms with van der Waals surface area (Å²) in [4.78, 5) is 0. The van der Waals surface area contributed by atoms with E-state index in [-0.39, 0.29) is 24.2 Å². The lowest BCUT2D eigenvalue weighted by Crippen LogP contribution is -2.51. The zero-order valence-corrected chi connectivity index (χ0v) is 29.2. The van der Waals surface area contributed by atoms with Crippen molar-refractivity contribution >= 4 is 11.6 Å². The first-order valence-corrected chi connectivity index (χ1v) is 18.0. The minimum Gasteiger partial charge on any atom is -0.494 e. The highest BCUT2D eigenvalue weighted by Crippen LogP contribution is 2.45. The Hall–Kier alpha value is -3.35. The van der Waals surface area contributed by atoms with Crippen molar-refractivity contribution in [3.63, 3.8) is 0 Å². The molecule has 2 fully saturated rings. The highest BCUT2D eigenvalue weighted by atomic mass is 35.5. The maximum absolute atomic E-state index is 7.05. The summed E-state index contributed by atoms with van der Waals surface area (Å²) in [6, 6.07) is 33.1. The molecule has 1 saturated heterocycles. The fraction of sp³-hybridized carbons (Fsp3) is 0.429. The second-order valence-corrected chi connectivity index (χ2v) is 13.6. The lowest BCUT2D eigenvalue weighted by atomic mass is 9.83. The van der Waals surface area contributed by atoms with Gasteiger partial charge in [-0.3, -0.25) is 0 Å². The van der Waals surface area contributed by atoms with Gasteiger partial charge in [0, 0.05) is 16.5 Å². The molecule has 6 heteroatoms. The van der Waals surface area contributed by atoms with Gasteiger partial charge in [-0.25, -0.2) is 0 Å². The van der Waals surface area contributed by atoms with Crippen molar-refractivity contribution in [1.29, 1.82) is 0 Å². The van der Waals surface area contributed by atoms with Gasteiger partial charge in [0.25, 0.3) is 0 Å². The highest BCUT2D eigenvalue weighted by molar-refractivity contribution is 6.31. The van der Waals surface area contributed by atoms with Crippen LogP contribution in [0.2, 0.25) is 5.02 Å². The topological polar surface area (TPSA) is 46.2 Å². The van der Waals surface area contributed by atoms with E-state index in [2.05, 4.69) is 68.4 Å². The third-order valence-corrected chi connectivity index (χ3v) is 10.2. The number of rotatable bonds is 15. The van der Waals surface area contributed by atoms with Crippen LogP contribution < -0.4 is 9.47 Å². The zero-order chi connectivity index (χ0) is 33.3. The van der Waals surface area contributed by atoms with E-state index in [1.165, 1.54) is 19.3 Å². The summed E-state index contributed by atoms with van der Waals surface area (Å²) in [7, 11) is 0. The Kier molecular flexibility index (Phi) is 12.1. The normalized spacial score (nSPS) is 22.6. The van der Waals surface area contributed by atoms with Gasteiger partial charge < -0.3 is 23.7 Å². The van der Waals surface area contributed by atoms with Crippen LogP contribution in [0.1, 0.15) is 80.4 Å². The van der Waals surface area contributed by atoms with Crippen molar-refractivity contribution in [3.8, 4) is 11.5 Å². The third kappa shape index (κ3) is 8.62. The number of halogens is 1. The number of ether oxygens (including phenoxy) is 5. The lowest BCUT2D eigenvalue weighted by molar-refractivity contribution is -0.235. The molecular weight excluding hydrogens is 620 g/mol. The minimum atomic E-state index is -0.414. The molecule has 1 aliphatic carbocycles. The molecule has 4 aromatic rings. The Morgan fingerprint density at radius 2 is 1.40 bits per heavy atom. The van der Waals surface area contributed by atoms with E-state index in [1.807, 2.05) is 49.4 Å². The molecule has 0 bridgehead atoms. The van der Waals surface area contributed by atoms with Gasteiger partial charge in [0.05, 0.1) is 38.6 Å². The Balaban J connectivity index is 1.37. The first-order valence-electron chi connectivity index (χ1n) is 17.7. The Bertz CT molecular complexity index is 1560. The van der Waals surface area contributed by atoms with Crippen LogP contribution in [-0.4, -0.2) is 31.5 Å². The van der Waals surface area contributed by atoms with E-state index >= 15 is 0 Å². The monoisotopic (exact) mass is 668 g/mol. The summed E-state index contributed by atoms with van der Waals surface area (Å²) in [6.07, 6.45) is 4.18. The van der Waals surface area contributed by atoms with Gasteiger partial charge in [0.2, 0.25) is 0 Å². The number of hydrogen-bond donors (Lipinski definition) is 0. The average Bonchev–Trinajstić information content (AvgIpc) is 3.09. The van der Waals surface area contributed by atoms with Crippen molar-refractivity contribution in [1.82, 2.24) is 0 Å². The average molecular weight is 669 g/mol. The molecule has 5 nitrogen and oxygen atoms in total. The van der Waals surface area contributed by atoms with Crippen LogP contribution in [0.3, 0.4) is 0 Å². The van der Waals surface area contributed by atoms with Crippen molar-refractivity contribution in [2.45, 2.75) is 90.5 Å². The molecule has 1 aliphatic heterocycles. The molecule has 0 aromatic heterocycles. The lowest BCUT2D eigenvalue weighted by Gasteiger charge is -2.46. The van der Waals surface area contributed by atoms with Crippen LogP contribution in [0.5, 0.6) is 11.5 Å². The highest BCUT2D eigenvalue weighted by Gasteiger charge is 2.46. The van der Waals surface area contributed by atoms with Gasteiger partial charge in [0.15, 0.2) is 0 Å². The fourth-order valence-corrected chi connectivity index (χ4v) is 7.03. The predicted molar refractivity (Wildman–Crippen MR) is 192 cm³/mol. The molecule has 0 radical (unpaired) electrons. The van der Waals surface area contributed by atoms with Crippen LogP contribution >= 0.6 is 11.6 Å². The predicted octanol–water partition coefficient (Wildman–Crippen LogP) is 10.2. The molecule has 5 atom stereocenters. The second kappa shape index (κ2) is 16.8. The van der Waals surface area contributed by atoms with Crippen molar-refractivity contribution in [2.24, 2.45) is 11.8 Å². The van der Waals surface area contributed by atoms with Crippen molar-refractivity contribution in [3.05, 3.63) is 130 Å². The molecule has 254 valence electrons. The van der Waals surface area contributed by atoms with Gasteiger partial charge >= 0.3 is 0 Å². The van der Waals surface area contributed by atoms with Crippen molar-refractivity contribution in [2.75, 3.05) is 13.2 Å². The molecule has 2 aliphatic rings. The molecule has 0 spiro atoms. The van der Waals surface area contributed by atoms with E-state index in [9.17, 15) is 0 Å². The first kappa shape index (κ1) is 34.5. The van der Waals surface area contributed by atoms with E-state index in [0.29, 0.717) is 43.8 Å². The zero-order valence-electron chi connectivity index (χ0n) is 28.5. The van der Waals surface area contributed by atoms with Crippen LogP contribution in [-0.2, 0) is 33.8 Å². The minimum absolute atomic E-state index is 0.0166. The summed E-state index contributed by atoms with van der Waals surface area (Å²) < 4.78 is 33.1. The number of hydrogen-bond acceptors (Lipinski definition) is 5. The maximum atomic E-state index is 7.05. The van der Waals surface area contributed by atoms with Crippen LogP contribution in [0, 0.1) is 11.8 Å². The van der Waals surface area contributed by atoms with Crippen LogP contribution in [0.4, 0.5) is 0 Å². The summed E-state index contributed by atoms with van der Waals surface area (Å²) in [5.74, 6) is 2.32. The van der Waals surface area contributed by atoms with Gasteiger partial charge in [-0.05, 0) is 85.0 Å². The van der Waals surface area contributed by atoms with Gasteiger partial charge in [0.1, 0.15) is 23.7 Å². The molecule has 0 unspecified atom stereocenters. The summed E-state index contributed by atoms with van der Waals surface area (Å²) in [6.45, 7) is 8.67. The Morgan fingerprint density at radius 1 is 0.750 bits per heavy atom. The molecule has 48 heavy (non-hydrogen) atoms. The molecule has 1 heterocycles. The Morgan fingerprint density at radius 3 is 1.98 bits per heavy atom. The van der Waals surface area contributed by atoms with Crippen LogP contribution in [0.15, 0.2) is 97.1 Å². The molecule has 0 amide bonds. The first-order chi connectivity index (χ1) is 23.5.